The molecule has 5 fully saturated rings. The number of carbonyl (C=O) groups is 2. The second kappa shape index (κ2) is 10.6. The highest BCUT2D eigenvalue weighted by molar-refractivity contribution is 5.85. The average Bonchev–Trinajstić information content (AvgIpc) is 3.42. The van der Waals surface area contributed by atoms with E-state index in [0.717, 1.165) is 50.5 Å². The van der Waals surface area contributed by atoms with Gasteiger partial charge in [0.2, 0.25) is 0 Å². The number of aliphatic hydroxyl groups excluding tert-OH is 1. The lowest BCUT2D eigenvalue weighted by atomic mass is 9.43. The minimum Gasteiger partial charge on any atom is -0.481 e. The average molecular weight is 577 g/mol. The zero-order valence-corrected chi connectivity index (χ0v) is 24.9. The van der Waals surface area contributed by atoms with Gasteiger partial charge in [0, 0.05) is 31.4 Å². The Labute approximate surface area is 242 Å². The van der Waals surface area contributed by atoms with Crippen molar-refractivity contribution >= 4 is 11.9 Å². The molecule has 3 N–H and O–H groups in total. The van der Waals surface area contributed by atoms with Gasteiger partial charge in [-0.1, -0.05) is 13.8 Å². The van der Waals surface area contributed by atoms with Gasteiger partial charge in [-0.3, -0.25) is 4.79 Å². The first-order valence-corrected chi connectivity index (χ1v) is 15.7. The second-order valence-corrected chi connectivity index (χ2v) is 14.5. The van der Waals surface area contributed by atoms with Crippen molar-refractivity contribution in [2.45, 2.75) is 121 Å². The SMILES string of the molecule is CO[C@@H]1C[C@H](O[C@@H]2CC[C@@]3(C)[C@H](CC[C@@H]4[C@@H]3CC[C@]3(C)[C@@H](C5=CC(=O)OC5)[C@@H](CC(=O)O)C[C@@]43O)C2)O[C@@H](C)[C@@H]1O. The normalized spacial score (nSPS) is 51.3. The largest absolute Gasteiger partial charge is 0.481 e. The molecule has 0 unspecified atom stereocenters. The van der Waals surface area contributed by atoms with Crippen molar-refractivity contribution in [1.82, 2.24) is 0 Å². The quantitative estimate of drug-likeness (QED) is 0.319. The van der Waals surface area contributed by atoms with Gasteiger partial charge >= 0.3 is 11.9 Å². The van der Waals surface area contributed by atoms with E-state index in [1.807, 2.05) is 6.92 Å². The van der Waals surface area contributed by atoms with E-state index in [-0.39, 0.29) is 66.8 Å². The van der Waals surface area contributed by atoms with Gasteiger partial charge in [0.25, 0.3) is 0 Å². The number of hydrogen-bond donors (Lipinski definition) is 3. The molecule has 0 aromatic rings. The van der Waals surface area contributed by atoms with Crippen LogP contribution in [0.1, 0.15) is 85.0 Å². The van der Waals surface area contributed by atoms with Crippen LogP contribution < -0.4 is 0 Å². The summed E-state index contributed by atoms with van der Waals surface area (Å²) in [6.07, 6.45) is 7.57. The summed E-state index contributed by atoms with van der Waals surface area (Å²) in [6, 6.07) is 0. The molecule has 0 aromatic heterocycles. The van der Waals surface area contributed by atoms with Crippen molar-refractivity contribution in [3.05, 3.63) is 11.6 Å². The van der Waals surface area contributed by atoms with E-state index in [4.69, 9.17) is 18.9 Å². The third-order valence-corrected chi connectivity index (χ3v) is 12.8. The molecule has 2 aliphatic heterocycles. The number of cyclic esters (lactones) is 1. The predicted octanol–water partition coefficient (Wildman–Crippen LogP) is 3.84. The standard InChI is InChI=1S/C32H48O9/c1-17-29(36)24(38-4)14-27(40-17)41-21-7-9-30(2)20(13-21)5-6-23-22(30)8-10-31(3)28(19-12-26(35)39-16-19)18(11-25(33)34)15-32(23,31)37/h12,17-18,20-24,27-29,36-37H,5-11,13-16H2,1-4H3,(H,33,34)/t17-,18-,20+,21+,22-,23+,24+,27-,28+,29-,30-,31+,32+/m0/s1. The Kier molecular flexibility index (Phi) is 7.62. The van der Waals surface area contributed by atoms with Crippen molar-refractivity contribution in [2.75, 3.05) is 13.7 Å². The molecule has 6 aliphatic rings. The zero-order valence-electron chi connectivity index (χ0n) is 24.9. The number of esters is 1. The number of ether oxygens (including phenoxy) is 4. The van der Waals surface area contributed by atoms with Crippen molar-refractivity contribution in [3.8, 4) is 0 Å². The van der Waals surface area contributed by atoms with Crippen LogP contribution in [0.2, 0.25) is 0 Å². The fourth-order valence-corrected chi connectivity index (χ4v) is 10.8. The smallest absolute Gasteiger partial charge is 0.331 e. The lowest BCUT2D eigenvalue weighted by Crippen LogP contribution is -2.62. The summed E-state index contributed by atoms with van der Waals surface area (Å²) in [5, 5.41) is 32.8. The van der Waals surface area contributed by atoms with E-state index < -0.39 is 23.1 Å². The monoisotopic (exact) mass is 576 g/mol. The van der Waals surface area contributed by atoms with Crippen LogP contribution in [0.3, 0.4) is 0 Å². The van der Waals surface area contributed by atoms with Crippen LogP contribution >= 0.6 is 0 Å². The highest BCUT2D eigenvalue weighted by Crippen LogP contribution is 2.71. The van der Waals surface area contributed by atoms with Crippen LogP contribution in [0.25, 0.3) is 0 Å². The maximum absolute atomic E-state index is 12.7. The molecule has 0 amide bonds. The number of aliphatic carboxylic acids is 1. The van der Waals surface area contributed by atoms with Crippen LogP contribution in [0.5, 0.6) is 0 Å². The summed E-state index contributed by atoms with van der Waals surface area (Å²) in [4.78, 5) is 23.9. The van der Waals surface area contributed by atoms with Crippen molar-refractivity contribution in [3.63, 3.8) is 0 Å². The number of carbonyl (C=O) groups excluding carboxylic acids is 1. The summed E-state index contributed by atoms with van der Waals surface area (Å²) in [7, 11) is 1.62. The Morgan fingerprint density at radius 3 is 2.59 bits per heavy atom. The molecular formula is C32H48O9. The van der Waals surface area contributed by atoms with Gasteiger partial charge in [-0.2, -0.15) is 0 Å². The minimum atomic E-state index is -0.976. The number of hydrogen-bond acceptors (Lipinski definition) is 8. The molecule has 4 saturated carbocycles. The number of carboxylic acids is 1. The summed E-state index contributed by atoms with van der Waals surface area (Å²) in [5.74, 6) is -0.663. The number of aliphatic hydroxyl groups is 2. The van der Waals surface area contributed by atoms with E-state index in [1.165, 1.54) is 0 Å². The Balaban J connectivity index is 1.19. The van der Waals surface area contributed by atoms with Crippen LogP contribution in [-0.4, -0.2) is 77.3 Å². The van der Waals surface area contributed by atoms with Crippen LogP contribution in [0, 0.1) is 40.4 Å². The fraction of sp³-hybridized carbons (Fsp3) is 0.875. The summed E-state index contributed by atoms with van der Waals surface area (Å²) in [5.41, 5.74) is -0.526. The van der Waals surface area contributed by atoms with Gasteiger partial charge < -0.3 is 34.3 Å². The van der Waals surface area contributed by atoms with Crippen molar-refractivity contribution in [2.24, 2.45) is 40.4 Å². The molecule has 1 saturated heterocycles. The molecule has 13 atom stereocenters. The van der Waals surface area contributed by atoms with E-state index in [0.29, 0.717) is 24.7 Å². The highest BCUT2D eigenvalue weighted by atomic mass is 16.7. The van der Waals surface area contributed by atoms with Gasteiger partial charge in [-0.05, 0) is 98.9 Å². The minimum absolute atomic E-state index is 0.00674. The Morgan fingerprint density at radius 2 is 1.90 bits per heavy atom. The molecule has 230 valence electrons. The number of methoxy groups -OCH3 is 1. The molecule has 41 heavy (non-hydrogen) atoms. The highest BCUT2D eigenvalue weighted by Gasteiger charge is 2.70. The molecule has 9 nitrogen and oxygen atoms in total. The maximum Gasteiger partial charge on any atom is 0.331 e. The van der Waals surface area contributed by atoms with E-state index in [2.05, 4.69) is 13.8 Å². The van der Waals surface area contributed by atoms with Gasteiger partial charge in [0.05, 0.1) is 23.9 Å². The molecule has 6 rings (SSSR count). The molecule has 9 heteroatoms. The summed E-state index contributed by atoms with van der Waals surface area (Å²) >= 11 is 0. The van der Waals surface area contributed by atoms with Crippen LogP contribution in [-0.2, 0) is 28.5 Å². The Morgan fingerprint density at radius 1 is 1.12 bits per heavy atom. The lowest BCUT2D eigenvalue weighted by molar-refractivity contribution is -0.273. The third-order valence-electron chi connectivity index (χ3n) is 12.8. The van der Waals surface area contributed by atoms with Gasteiger partial charge in [0.1, 0.15) is 12.7 Å². The number of rotatable bonds is 6. The summed E-state index contributed by atoms with van der Waals surface area (Å²) < 4.78 is 23.2. The van der Waals surface area contributed by atoms with Crippen molar-refractivity contribution in [1.29, 1.82) is 0 Å². The molecule has 0 spiro atoms. The van der Waals surface area contributed by atoms with Gasteiger partial charge in [-0.15, -0.1) is 0 Å². The number of carboxylic acid groups (broad SMARTS) is 1. The molecule has 4 aliphatic carbocycles. The molecule has 0 bridgehead atoms. The first-order chi connectivity index (χ1) is 19.4. The third kappa shape index (κ3) is 4.69. The molecular weight excluding hydrogens is 528 g/mol. The number of fused-ring (bicyclic) bond motifs is 5. The first-order valence-electron chi connectivity index (χ1n) is 15.7. The van der Waals surface area contributed by atoms with Crippen LogP contribution in [0.4, 0.5) is 0 Å². The fourth-order valence-electron chi connectivity index (χ4n) is 10.8. The zero-order chi connectivity index (χ0) is 29.3. The second-order valence-electron chi connectivity index (χ2n) is 14.5. The lowest BCUT2D eigenvalue weighted by Gasteiger charge is -2.63. The van der Waals surface area contributed by atoms with Crippen molar-refractivity contribution < 1.29 is 43.9 Å². The topological polar surface area (TPSA) is 132 Å². The maximum atomic E-state index is 12.7. The molecule has 0 radical (unpaired) electrons. The predicted molar refractivity (Wildman–Crippen MR) is 147 cm³/mol. The van der Waals surface area contributed by atoms with Crippen LogP contribution in [0.15, 0.2) is 11.6 Å². The molecule has 2 heterocycles. The summed E-state index contributed by atoms with van der Waals surface area (Å²) in [6.45, 7) is 6.62. The van der Waals surface area contributed by atoms with Gasteiger partial charge in [0.15, 0.2) is 6.29 Å². The Bertz CT molecular complexity index is 1080. The molecule has 0 aromatic carbocycles. The first kappa shape index (κ1) is 29.5. The Hall–Kier alpha value is -1.52. The van der Waals surface area contributed by atoms with E-state index in [9.17, 15) is 24.9 Å². The van der Waals surface area contributed by atoms with E-state index >= 15 is 0 Å². The van der Waals surface area contributed by atoms with E-state index in [1.54, 1.807) is 13.2 Å². The van der Waals surface area contributed by atoms with Gasteiger partial charge in [-0.25, -0.2) is 4.79 Å².